The summed E-state index contributed by atoms with van der Waals surface area (Å²) in [6, 6.07) is 4.72. The maximum absolute atomic E-state index is 11.7. The van der Waals surface area contributed by atoms with Gasteiger partial charge in [0.1, 0.15) is 17.2 Å². The molecule has 0 aliphatic carbocycles. The second kappa shape index (κ2) is 4.84. The molecule has 0 saturated heterocycles. The molecule has 0 unspecified atom stereocenters. The lowest BCUT2D eigenvalue weighted by Crippen LogP contribution is -2.16. The van der Waals surface area contributed by atoms with Gasteiger partial charge in [0.05, 0.1) is 14.2 Å². The maximum Gasteiger partial charge on any atom is 0.373 e. The topological polar surface area (TPSA) is 106 Å². The molecule has 1 heterocycles. The number of aromatic carboxylic acids is 1. The van der Waals surface area contributed by atoms with E-state index in [4.69, 9.17) is 14.6 Å². The summed E-state index contributed by atoms with van der Waals surface area (Å²) >= 11 is 0. The highest BCUT2D eigenvalue weighted by Crippen LogP contribution is 2.26. The number of nitrogens with one attached hydrogen (secondary N) is 1. The summed E-state index contributed by atoms with van der Waals surface area (Å²) in [4.78, 5) is 24.6. The highest BCUT2D eigenvalue weighted by molar-refractivity contribution is 5.82. The zero-order valence-corrected chi connectivity index (χ0v) is 10.2. The number of carboxylic acid groups (broad SMARTS) is 1. The molecule has 1 aromatic carbocycles. The van der Waals surface area contributed by atoms with E-state index in [2.05, 4.69) is 10.1 Å². The zero-order chi connectivity index (χ0) is 14.0. The molecule has 0 radical (unpaired) electrons. The number of aromatic amines is 1. The van der Waals surface area contributed by atoms with Crippen molar-refractivity contribution < 1.29 is 19.4 Å². The van der Waals surface area contributed by atoms with E-state index >= 15 is 0 Å². The lowest BCUT2D eigenvalue weighted by molar-refractivity contribution is 0.0683. The standard InChI is InChI=1S/C11H11N3O5/c1-18-6-3-4-7(8(5-6)19-2)14-11(17)12-9(13-14)10(15)16/h3-5H,1-2H3,(H,15,16)(H,12,13,17). The highest BCUT2D eigenvalue weighted by atomic mass is 16.5. The van der Waals surface area contributed by atoms with Crippen LogP contribution in [-0.4, -0.2) is 40.1 Å². The Morgan fingerprint density at radius 3 is 2.63 bits per heavy atom. The molecule has 0 aliphatic heterocycles. The average Bonchev–Trinajstić information content (AvgIpc) is 2.80. The Bertz CT molecular complexity index is 673. The predicted octanol–water partition coefficient (Wildman–Crippen LogP) is 0.276. The summed E-state index contributed by atoms with van der Waals surface area (Å²) in [5.41, 5.74) is -0.349. The van der Waals surface area contributed by atoms with Crippen molar-refractivity contribution in [1.29, 1.82) is 0 Å². The molecule has 2 rings (SSSR count). The first-order valence-electron chi connectivity index (χ1n) is 5.22. The molecule has 0 fully saturated rings. The van der Waals surface area contributed by atoms with Crippen molar-refractivity contribution in [2.75, 3.05) is 14.2 Å². The molecule has 0 saturated carbocycles. The van der Waals surface area contributed by atoms with Crippen LogP contribution in [0.3, 0.4) is 0 Å². The molecule has 19 heavy (non-hydrogen) atoms. The maximum atomic E-state index is 11.7. The van der Waals surface area contributed by atoms with Gasteiger partial charge in [-0.1, -0.05) is 0 Å². The van der Waals surface area contributed by atoms with E-state index in [1.54, 1.807) is 18.2 Å². The van der Waals surface area contributed by atoms with Crippen LogP contribution in [-0.2, 0) is 0 Å². The third-order valence-electron chi connectivity index (χ3n) is 2.44. The van der Waals surface area contributed by atoms with Crippen LogP contribution >= 0.6 is 0 Å². The summed E-state index contributed by atoms with van der Waals surface area (Å²) in [6.45, 7) is 0. The third-order valence-corrected chi connectivity index (χ3v) is 2.44. The molecule has 2 N–H and O–H groups in total. The minimum Gasteiger partial charge on any atom is -0.497 e. The molecule has 0 aliphatic rings. The van der Waals surface area contributed by atoms with Gasteiger partial charge in [-0.25, -0.2) is 9.59 Å². The molecule has 0 atom stereocenters. The van der Waals surface area contributed by atoms with Crippen LogP contribution in [0.15, 0.2) is 23.0 Å². The quantitative estimate of drug-likeness (QED) is 0.822. The first-order chi connectivity index (χ1) is 9.06. The number of rotatable bonds is 4. The van der Waals surface area contributed by atoms with Crippen LogP contribution in [0.4, 0.5) is 0 Å². The summed E-state index contributed by atoms with van der Waals surface area (Å²) < 4.78 is 11.1. The normalized spacial score (nSPS) is 10.2. The SMILES string of the molecule is COc1ccc(-n2nc(C(=O)O)[nH]c2=O)c(OC)c1. The van der Waals surface area contributed by atoms with Crippen LogP contribution in [0.2, 0.25) is 0 Å². The summed E-state index contributed by atoms with van der Waals surface area (Å²) in [5.74, 6) is -0.876. The number of H-pyrrole nitrogens is 1. The third kappa shape index (κ3) is 2.28. The van der Waals surface area contributed by atoms with Crippen molar-refractivity contribution in [3.8, 4) is 17.2 Å². The number of hydrogen-bond acceptors (Lipinski definition) is 5. The lowest BCUT2D eigenvalue weighted by atomic mass is 10.3. The molecule has 8 heteroatoms. The van der Waals surface area contributed by atoms with Crippen LogP contribution in [0, 0.1) is 0 Å². The van der Waals surface area contributed by atoms with Gasteiger partial charge in [-0.2, -0.15) is 4.68 Å². The van der Waals surface area contributed by atoms with Gasteiger partial charge in [0.15, 0.2) is 0 Å². The minimum atomic E-state index is -1.32. The Labute approximate surface area is 107 Å². The fraction of sp³-hybridized carbons (Fsp3) is 0.182. The van der Waals surface area contributed by atoms with E-state index in [-0.39, 0.29) is 0 Å². The van der Waals surface area contributed by atoms with Crippen molar-refractivity contribution in [3.63, 3.8) is 0 Å². The fourth-order valence-corrected chi connectivity index (χ4v) is 1.54. The van der Waals surface area contributed by atoms with Crippen molar-refractivity contribution in [2.24, 2.45) is 0 Å². The average molecular weight is 265 g/mol. The molecule has 100 valence electrons. The van der Waals surface area contributed by atoms with Crippen molar-refractivity contribution in [1.82, 2.24) is 14.8 Å². The number of nitrogens with zero attached hydrogens (tertiary/aromatic N) is 2. The summed E-state index contributed by atoms with van der Waals surface area (Å²) in [6.07, 6.45) is 0. The van der Waals surface area contributed by atoms with E-state index in [9.17, 15) is 9.59 Å². The fourth-order valence-electron chi connectivity index (χ4n) is 1.54. The first kappa shape index (κ1) is 12.7. The molecular formula is C11H11N3O5. The highest BCUT2D eigenvalue weighted by Gasteiger charge is 2.16. The van der Waals surface area contributed by atoms with Gasteiger partial charge in [-0.15, -0.1) is 5.10 Å². The Kier molecular flexibility index (Phi) is 3.23. The van der Waals surface area contributed by atoms with Crippen LogP contribution in [0.5, 0.6) is 11.5 Å². The second-order valence-electron chi connectivity index (χ2n) is 3.53. The molecule has 0 spiro atoms. The van der Waals surface area contributed by atoms with Crippen LogP contribution < -0.4 is 15.2 Å². The number of benzene rings is 1. The van der Waals surface area contributed by atoms with Gasteiger partial charge in [-0.05, 0) is 12.1 Å². The van der Waals surface area contributed by atoms with Crippen molar-refractivity contribution >= 4 is 5.97 Å². The van der Waals surface area contributed by atoms with Gasteiger partial charge < -0.3 is 14.6 Å². The van der Waals surface area contributed by atoms with E-state index in [1.165, 1.54) is 14.2 Å². The number of aromatic nitrogens is 3. The van der Waals surface area contributed by atoms with Gasteiger partial charge >= 0.3 is 11.7 Å². The number of methoxy groups -OCH3 is 2. The van der Waals surface area contributed by atoms with E-state index in [0.717, 1.165) is 4.68 Å². The van der Waals surface area contributed by atoms with E-state index < -0.39 is 17.5 Å². The summed E-state index contributed by atoms with van der Waals surface area (Å²) in [7, 11) is 2.92. The van der Waals surface area contributed by atoms with Crippen molar-refractivity contribution in [2.45, 2.75) is 0 Å². The van der Waals surface area contributed by atoms with Gasteiger partial charge in [0.2, 0.25) is 5.82 Å². The smallest absolute Gasteiger partial charge is 0.373 e. The number of ether oxygens (including phenoxy) is 2. The molecule has 1 aromatic heterocycles. The zero-order valence-electron chi connectivity index (χ0n) is 10.2. The van der Waals surface area contributed by atoms with Gasteiger partial charge in [-0.3, -0.25) is 4.98 Å². The number of carbonyl (C=O) groups is 1. The van der Waals surface area contributed by atoms with Gasteiger partial charge in [0.25, 0.3) is 0 Å². The summed E-state index contributed by atoms with van der Waals surface area (Å²) in [5, 5.41) is 12.5. The number of hydrogen-bond donors (Lipinski definition) is 2. The second-order valence-corrected chi connectivity index (χ2v) is 3.53. The molecule has 0 bridgehead atoms. The Hall–Kier alpha value is -2.77. The molecular weight excluding hydrogens is 254 g/mol. The first-order valence-corrected chi connectivity index (χ1v) is 5.22. The van der Waals surface area contributed by atoms with E-state index in [0.29, 0.717) is 17.2 Å². The van der Waals surface area contributed by atoms with Gasteiger partial charge in [0, 0.05) is 6.07 Å². The number of carboxylic acids is 1. The lowest BCUT2D eigenvalue weighted by Gasteiger charge is -2.08. The Balaban J connectivity index is 2.58. The Morgan fingerprint density at radius 2 is 2.11 bits per heavy atom. The Morgan fingerprint density at radius 1 is 1.37 bits per heavy atom. The van der Waals surface area contributed by atoms with Crippen LogP contribution in [0.25, 0.3) is 5.69 Å². The monoisotopic (exact) mass is 265 g/mol. The van der Waals surface area contributed by atoms with Crippen molar-refractivity contribution in [3.05, 3.63) is 34.5 Å². The predicted molar refractivity (Wildman–Crippen MR) is 64.2 cm³/mol. The molecule has 2 aromatic rings. The van der Waals surface area contributed by atoms with E-state index in [1.807, 2.05) is 0 Å². The molecule has 8 nitrogen and oxygen atoms in total. The largest absolute Gasteiger partial charge is 0.497 e. The van der Waals surface area contributed by atoms with Crippen LogP contribution in [0.1, 0.15) is 10.6 Å². The molecule has 0 amide bonds. The minimum absolute atomic E-state index is 0.317.